The van der Waals surface area contributed by atoms with Crippen LogP contribution in [0.1, 0.15) is 32.3 Å². The van der Waals surface area contributed by atoms with Crippen molar-refractivity contribution in [1.29, 1.82) is 0 Å². The minimum absolute atomic E-state index is 0.0140. The minimum Gasteiger partial charge on any atom is -0.390 e. The maximum absolute atomic E-state index is 12.3. The highest BCUT2D eigenvalue weighted by Gasteiger charge is 2.30. The van der Waals surface area contributed by atoms with E-state index in [1.165, 1.54) is 11.3 Å². The van der Waals surface area contributed by atoms with Crippen LogP contribution in [0.25, 0.3) is 0 Å². The fourth-order valence-electron chi connectivity index (χ4n) is 3.47. The van der Waals surface area contributed by atoms with Gasteiger partial charge in [0.2, 0.25) is 0 Å². The van der Waals surface area contributed by atoms with Gasteiger partial charge in [-0.25, -0.2) is 4.79 Å². The Hall–Kier alpha value is -1.75. The van der Waals surface area contributed by atoms with E-state index < -0.39 is 5.60 Å². The molecular formula is C18H27N3O2. The number of piperidine rings is 1. The van der Waals surface area contributed by atoms with Gasteiger partial charge in [0.25, 0.3) is 0 Å². The molecule has 2 aliphatic heterocycles. The van der Waals surface area contributed by atoms with Crippen LogP contribution < -0.4 is 10.2 Å². The Balaban J connectivity index is 1.50. The van der Waals surface area contributed by atoms with Gasteiger partial charge in [-0.2, -0.15) is 0 Å². The summed E-state index contributed by atoms with van der Waals surface area (Å²) in [6, 6.07) is 8.76. The number of hydrogen-bond acceptors (Lipinski definition) is 3. The van der Waals surface area contributed by atoms with Crippen LogP contribution in [0.4, 0.5) is 10.5 Å². The van der Waals surface area contributed by atoms with Crippen molar-refractivity contribution in [3.05, 3.63) is 29.8 Å². The van der Waals surface area contributed by atoms with E-state index in [1.54, 1.807) is 0 Å². The Kier molecular flexibility index (Phi) is 4.48. The van der Waals surface area contributed by atoms with Crippen molar-refractivity contribution >= 4 is 11.7 Å². The van der Waals surface area contributed by atoms with Crippen LogP contribution in [0, 0.1) is 0 Å². The summed E-state index contributed by atoms with van der Waals surface area (Å²) >= 11 is 0. The standard InChI is InChI=1S/C18H27N3O2/c1-14(21-10-7-15-5-3-4-6-16(15)21)13-19-17(22)20-11-8-18(2,23)9-12-20/h3-6,14,23H,7-13H2,1-2H3,(H,19,22). The molecule has 1 aromatic rings. The van der Waals surface area contributed by atoms with E-state index in [4.69, 9.17) is 0 Å². The van der Waals surface area contributed by atoms with Crippen LogP contribution >= 0.6 is 0 Å². The molecule has 1 fully saturated rings. The van der Waals surface area contributed by atoms with E-state index in [0.29, 0.717) is 32.5 Å². The third kappa shape index (κ3) is 3.61. The highest BCUT2D eigenvalue weighted by atomic mass is 16.3. The van der Waals surface area contributed by atoms with Crippen molar-refractivity contribution in [3.8, 4) is 0 Å². The normalized spacial score (nSPS) is 21.0. The zero-order valence-electron chi connectivity index (χ0n) is 14.1. The number of benzene rings is 1. The Labute approximate surface area is 138 Å². The SMILES string of the molecule is CC(CNC(=O)N1CCC(C)(O)CC1)N1CCc2ccccc21. The lowest BCUT2D eigenvalue weighted by atomic mass is 9.94. The molecule has 3 rings (SSSR count). The second-order valence-electron chi connectivity index (χ2n) is 7.09. The summed E-state index contributed by atoms with van der Waals surface area (Å²) in [7, 11) is 0. The molecule has 1 atom stereocenters. The number of anilines is 1. The number of hydrogen-bond donors (Lipinski definition) is 2. The van der Waals surface area contributed by atoms with E-state index >= 15 is 0 Å². The minimum atomic E-state index is -0.622. The summed E-state index contributed by atoms with van der Waals surface area (Å²) in [6.45, 7) is 6.90. The molecule has 5 heteroatoms. The molecular weight excluding hydrogens is 290 g/mol. The molecule has 0 aromatic heterocycles. The maximum atomic E-state index is 12.3. The van der Waals surface area contributed by atoms with Gasteiger partial charge in [0.15, 0.2) is 0 Å². The molecule has 2 heterocycles. The Morgan fingerprint density at radius 3 is 2.74 bits per heavy atom. The summed E-state index contributed by atoms with van der Waals surface area (Å²) in [5, 5.41) is 13.0. The van der Waals surface area contributed by atoms with Gasteiger partial charge in [-0.05, 0) is 44.7 Å². The molecule has 2 N–H and O–H groups in total. The summed E-state index contributed by atoms with van der Waals surface area (Å²) in [5.74, 6) is 0. The second kappa shape index (κ2) is 6.40. The van der Waals surface area contributed by atoms with Crippen molar-refractivity contribution in [1.82, 2.24) is 10.2 Å². The Morgan fingerprint density at radius 1 is 1.30 bits per heavy atom. The van der Waals surface area contributed by atoms with Crippen LogP contribution in [-0.4, -0.2) is 53.9 Å². The van der Waals surface area contributed by atoms with Crippen LogP contribution in [0.2, 0.25) is 0 Å². The molecule has 23 heavy (non-hydrogen) atoms. The fourth-order valence-corrected chi connectivity index (χ4v) is 3.47. The number of rotatable bonds is 3. The van der Waals surface area contributed by atoms with E-state index in [0.717, 1.165) is 13.0 Å². The quantitative estimate of drug-likeness (QED) is 0.896. The lowest BCUT2D eigenvalue weighted by molar-refractivity contribution is 0.00438. The predicted molar refractivity (Wildman–Crippen MR) is 91.8 cm³/mol. The molecule has 0 radical (unpaired) electrons. The molecule has 1 saturated heterocycles. The molecule has 0 saturated carbocycles. The van der Waals surface area contributed by atoms with Crippen molar-refractivity contribution in [2.75, 3.05) is 31.1 Å². The molecule has 5 nitrogen and oxygen atoms in total. The molecule has 0 bridgehead atoms. The van der Waals surface area contributed by atoms with Gasteiger partial charge in [-0.1, -0.05) is 18.2 Å². The van der Waals surface area contributed by atoms with Crippen molar-refractivity contribution in [3.63, 3.8) is 0 Å². The first-order valence-corrected chi connectivity index (χ1v) is 8.56. The molecule has 1 aromatic carbocycles. The molecule has 1 unspecified atom stereocenters. The summed E-state index contributed by atoms with van der Waals surface area (Å²) in [4.78, 5) is 16.5. The topological polar surface area (TPSA) is 55.8 Å². The van der Waals surface area contributed by atoms with E-state index in [-0.39, 0.29) is 12.1 Å². The average Bonchev–Trinajstić information content (AvgIpc) is 2.96. The van der Waals surface area contributed by atoms with Crippen LogP contribution in [0.5, 0.6) is 0 Å². The number of carbonyl (C=O) groups excluding carboxylic acids is 1. The fraction of sp³-hybridized carbons (Fsp3) is 0.611. The number of urea groups is 1. The number of para-hydroxylation sites is 1. The number of amides is 2. The molecule has 2 amide bonds. The van der Waals surface area contributed by atoms with Gasteiger partial charge >= 0.3 is 6.03 Å². The Bertz CT molecular complexity index is 563. The molecule has 0 spiro atoms. The largest absolute Gasteiger partial charge is 0.390 e. The molecule has 2 aliphatic rings. The number of fused-ring (bicyclic) bond motifs is 1. The van der Waals surface area contributed by atoms with Gasteiger partial charge in [0.1, 0.15) is 0 Å². The summed E-state index contributed by atoms with van der Waals surface area (Å²) < 4.78 is 0. The molecule has 0 aliphatic carbocycles. The van der Waals surface area contributed by atoms with Gasteiger partial charge in [-0.15, -0.1) is 0 Å². The summed E-state index contributed by atoms with van der Waals surface area (Å²) in [6.07, 6.45) is 2.38. The van der Waals surface area contributed by atoms with Gasteiger partial charge in [0.05, 0.1) is 5.60 Å². The first-order chi connectivity index (χ1) is 11.0. The smallest absolute Gasteiger partial charge is 0.317 e. The maximum Gasteiger partial charge on any atom is 0.317 e. The number of nitrogens with zero attached hydrogens (tertiary/aromatic N) is 2. The average molecular weight is 317 g/mol. The third-order valence-electron chi connectivity index (χ3n) is 5.13. The van der Waals surface area contributed by atoms with Crippen LogP contribution in [0.3, 0.4) is 0 Å². The molecule has 126 valence electrons. The van der Waals surface area contributed by atoms with E-state index in [9.17, 15) is 9.90 Å². The lowest BCUT2D eigenvalue weighted by Gasteiger charge is -2.36. The first-order valence-electron chi connectivity index (χ1n) is 8.56. The van der Waals surface area contributed by atoms with Gasteiger partial charge in [-0.3, -0.25) is 0 Å². The summed E-state index contributed by atoms with van der Waals surface area (Å²) in [5.41, 5.74) is 2.07. The van der Waals surface area contributed by atoms with E-state index in [1.807, 2.05) is 11.8 Å². The highest BCUT2D eigenvalue weighted by Crippen LogP contribution is 2.29. The third-order valence-corrected chi connectivity index (χ3v) is 5.13. The number of carbonyl (C=O) groups is 1. The zero-order valence-corrected chi connectivity index (χ0v) is 14.1. The first kappa shape index (κ1) is 16.1. The highest BCUT2D eigenvalue weighted by molar-refractivity contribution is 5.74. The number of likely N-dealkylation sites (tertiary alicyclic amines) is 1. The van der Waals surface area contributed by atoms with Crippen LogP contribution in [-0.2, 0) is 6.42 Å². The van der Waals surface area contributed by atoms with Crippen molar-refractivity contribution in [2.24, 2.45) is 0 Å². The zero-order chi connectivity index (χ0) is 16.4. The monoisotopic (exact) mass is 317 g/mol. The lowest BCUT2D eigenvalue weighted by Crippen LogP contribution is -2.51. The van der Waals surface area contributed by atoms with E-state index in [2.05, 4.69) is 41.4 Å². The second-order valence-corrected chi connectivity index (χ2v) is 7.09. The number of nitrogens with one attached hydrogen (secondary N) is 1. The predicted octanol–water partition coefficient (Wildman–Crippen LogP) is 1.99. The Morgan fingerprint density at radius 2 is 2.00 bits per heavy atom. The van der Waals surface area contributed by atoms with Crippen LogP contribution in [0.15, 0.2) is 24.3 Å². The van der Waals surface area contributed by atoms with Gasteiger partial charge < -0.3 is 20.2 Å². The van der Waals surface area contributed by atoms with Crippen molar-refractivity contribution in [2.45, 2.75) is 44.8 Å². The van der Waals surface area contributed by atoms with Crippen molar-refractivity contribution < 1.29 is 9.90 Å². The van der Waals surface area contributed by atoms with Gasteiger partial charge in [0, 0.05) is 37.9 Å². The number of aliphatic hydroxyl groups is 1.